The first-order chi connectivity index (χ1) is 13.9. The largest absolute Gasteiger partial charge is 0.436 e. The summed E-state index contributed by atoms with van der Waals surface area (Å²) in [7, 11) is 0. The molecule has 3 rings (SSSR count). The fourth-order valence-corrected chi connectivity index (χ4v) is 3.07. The highest BCUT2D eigenvalue weighted by atomic mass is 127. The fraction of sp³-hybridized carbons (Fsp3) is 0.176. The van der Waals surface area contributed by atoms with Gasteiger partial charge in [0.15, 0.2) is 11.6 Å². The lowest BCUT2D eigenvalue weighted by Gasteiger charge is -2.12. The SMILES string of the molecule is O=C(NOC[C@H](O)CO)Oc1c(Cl)c2ccncn2c1Nc1ccc(I)cc1F. The second kappa shape index (κ2) is 9.54. The van der Waals surface area contributed by atoms with Crippen LogP contribution in [0.3, 0.4) is 0 Å². The van der Waals surface area contributed by atoms with E-state index in [-0.39, 0.29) is 28.9 Å². The smallest absolute Gasteiger partial charge is 0.403 e. The quantitative estimate of drug-likeness (QED) is 0.271. The molecule has 2 aromatic heterocycles. The van der Waals surface area contributed by atoms with Gasteiger partial charge < -0.3 is 20.3 Å². The summed E-state index contributed by atoms with van der Waals surface area (Å²) < 4.78 is 21.7. The molecule has 0 radical (unpaired) electrons. The highest BCUT2D eigenvalue weighted by Gasteiger charge is 2.22. The van der Waals surface area contributed by atoms with Gasteiger partial charge in [-0.1, -0.05) is 11.6 Å². The van der Waals surface area contributed by atoms with E-state index >= 15 is 0 Å². The maximum atomic E-state index is 14.3. The molecule has 12 heteroatoms. The number of aliphatic hydroxyl groups is 2. The number of aromatic nitrogens is 2. The molecule has 154 valence electrons. The lowest BCUT2D eigenvalue weighted by Crippen LogP contribution is -2.31. The number of carbonyl (C=O) groups is 1. The summed E-state index contributed by atoms with van der Waals surface area (Å²) in [6.07, 6.45) is 0.724. The van der Waals surface area contributed by atoms with Crippen molar-refractivity contribution in [3.63, 3.8) is 0 Å². The molecule has 0 aliphatic heterocycles. The van der Waals surface area contributed by atoms with Crippen LogP contribution in [0, 0.1) is 9.39 Å². The first-order valence-electron chi connectivity index (χ1n) is 8.14. The van der Waals surface area contributed by atoms with Gasteiger partial charge in [0.1, 0.15) is 29.9 Å². The van der Waals surface area contributed by atoms with Gasteiger partial charge in [0.05, 0.1) is 17.8 Å². The molecule has 0 saturated heterocycles. The molecule has 0 fully saturated rings. The Balaban J connectivity index is 1.89. The summed E-state index contributed by atoms with van der Waals surface area (Å²) in [5.41, 5.74) is 2.56. The first kappa shape index (κ1) is 21.5. The molecule has 0 unspecified atom stereocenters. The third-order valence-corrected chi connectivity index (χ3v) is 4.70. The van der Waals surface area contributed by atoms with E-state index in [1.807, 2.05) is 28.1 Å². The molecular formula is C17H15ClFIN4O5. The number of hydrogen-bond acceptors (Lipinski definition) is 7. The number of rotatable bonds is 7. The normalized spacial score (nSPS) is 12.0. The van der Waals surface area contributed by atoms with E-state index < -0.39 is 24.6 Å². The highest BCUT2D eigenvalue weighted by Crippen LogP contribution is 2.41. The molecule has 1 atom stereocenters. The van der Waals surface area contributed by atoms with Crippen LogP contribution in [0.25, 0.3) is 5.52 Å². The predicted molar refractivity (Wildman–Crippen MR) is 111 cm³/mol. The van der Waals surface area contributed by atoms with Gasteiger partial charge in [-0.2, -0.15) is 5.48 Å². The Hall–Kier alpha value is -2.19. The van der Waals surface area contributed by atoms with Crippen molar-refractivity contribution in [2.45, 2.75) is 6.10 Å². The lowest BCUT2D eigenvalue weighted by atomic mass is 10.3. The van der Waals surface area contributed by atoms with E-state index in [4.69, 9.17) is 26.3 Å². The van der Waals surface area contributed by atoms with Crippen molar-refractivity contribution in [3.8, 4) is 5.75 Å². The number of benzene rings is 1. The molecule has 9 nitrogen and oxygen atoms in total. The molecule has 0 aliphatic carbocycles. The number of anilines is 2. The van der Waals surface area contributed by atoms with Gasteiger partial charge in [0, 0.05) is 9.77 Å². The molecule has 0 saturated carbocycles. The molecule has 1 amide bonds. The summed E-state index contributed by atoms with van der Waals surface area (Å²) >= 11 is 8.33. The molecule has 1 aromatic carbocycles. The van der Waals surface area contributed by atoms with Crippen molar-refractivity contribution in [2.75, 3.05) is 18.5 Å². The second-order valence-corrected chi connectivity index (χ2v) is 7.34. The van der Waals surface area contributed by atoms with Crippen molar-refractivity contribution >= 4 is 57.3 Å². The molecule has 0 aliphatic rings. The third-order valence-electron chi connectivity index (χ3n) is 3.66. The fourth-order valence-electron chi connectivity index (χ4n) is 2.34. The number of amides is 1. The molecular weight excluding hydrogens is 522 g/mol. The van der Waals surface area contributed by atoms with Crippen LogP contribution in [0.1, 0.15) is 0 Å². The number of nitrogens with zero attached hydrogens (tertiary/aromatic N) is 2. The maximum absolute atomic E-state index is 14.3. The van der Waals surface area contributed by atoms with Crippen LogP contribution in [0.5, 0.6) is 5.75 Å². The Morgan fingerprint density at radius 1 is 1.41 bits per heavy atom. The Kier molecular flexibility index (Phi) is 7.08. The van der Waals surface area contributed by atoms with E-state index in [0.29, 0.717) is 9.09 Å². The molecule has 29 heavy (non-hydrogen) atoms. The van der Waals surface area contributed by atoms with Crippen molar-refractivity contribution in [2.24, 2.45) is 0 Å². The number of nitrogens with one attached hydrogen (secondary N) is 2. The van der Waals surface area contributed by atoms with Gasteiger partial charge in [-0.05, 0) is 46.9 Å². The molecule has 4 N–H and O–H groups in total. The molecule has 0 bridgehead atoms. The standard InChI is InChI=1S/C17H15ClFIN4O5/c18-14-13-3-4-21-8-24(13)16(22-12-2-1-9(20)5-11(12)19)15(14)29-17(27)23-28-7-10(26)6-25/h1-5,8,10,22,25-26H,6-7H2,(H,23,27)/t10-/m1/s1. The average Bonchev–Trinajstić information content (AvgIpc) is 2.96. The van der Waals surface area contributed by atoms with Gasteiger partial charge in [-0.25, -0.2) is 14.2 Å². The second-order valence-electron chi connectivity index (χ2n) is 5.72. The van der Waals surface area contributed by atoms with Crippen molar-refractivity contribution in [1.29, 1.82) is 0 Å². The molecule has 2 heterocycles. The number of ether oxygens (including phenoxy) is 1. The minimum Gasteiger partial charge on any atom is -0.403 e. The van der Waals surface area contributed by atoms with E-state index in [1.165, 1.54) is 29.1 Å². The highest BCUT2D eigenvalue weighted by molar-refractivity contribution is 14.1. The third kappa shape index (κ3) is 5.05. The van der Waals surface area contributed by atoms with E-state index in [9.17, 15) is 14.3 Å². The van der Waals surface area contributed by atoms with Crippen LogP contribution < -0.4 is 15.5 Å². The Morgan fingerprint density at radius 3 is 2.93 bits per heavy atom. The number of hydrogen-bond donors (Lipinski definition) is 4. The summed E-state index contributed by atoms with van der Waals surface area (Å²) in [5, 5.41) is 20.9. The van der Waals surface area contributed by atoms with Crippen molar-refractivity contribution in [1.82, 2.24) is 14.9 Å². The van der Waals surface area contributed by atoms with Gasteiger partial charge in [0.2, 0.25) is 0 Å². The van der Waals surface area contributed by atoms with Crippen LogP contribution >= 0.6 is 34.2 Å². The van der Waals surface area contributed by atoms with Crippen molar-refractivity contribution in [3.05, 3.63) is 51.2 Å². The minimum absolute atomic E-state index is 0.0820. The Morgan fingerprint density at radius 2 is 2.21 bits per heavy atom. The topological polar surface area (TPSA) is 117 Å². The number of halogens is 3. The number of carbonyl (C=O) groups excluding carboxylic acids is 1. The van der Waals surface area contributed by atoms with Crippen LogP contribution in [0.15, 0.2) is 36.8 Å². The zero-order chi connectivity index (χ0) is 21.0. The average molecular weight is 537 g/mol. The zero-order valence-electron chi connectivity index (χ0n) is 14.6. The zero-order valence-corrected chi connectivity index (χ0v) is 17.5. The Labute approximate surface area is 182 Å². The number of hydroxylamine groups is 1. The van der Waals surface area contributed by atoms with Crippen LogP contribution in [-0.4, -0.2) is 45.0 Å². The molecule has 0 spiro atoms. The maximum Gasteiger partial charge on any atom is 0.436 e. The minimum atomic E-state index is -1.16. The number of aliphatic hydroxyl groups excluding tert-OH is 2. The summed E-state index contributed by atoms with van der Waals surface area (Å²) in [4.78, 5) is 20.8. The predicted octanol–water partition coefficient (Wildman–Crippen LogP) is 2.85. The van der Waals surface area contributed by atoms with Gasteiger partial charge in [0.25, 0.3) is 0 Å². The van der Waals surface area contributed by atoms with Crippen molar-refractivity contribution < 1.29 is 29.0 Å². The lowest BCUT2D eigenvalue weighted by molar-refractivity contribution is -0.0290. The summed E-state index contributed by atoms with van der Waals surface area (Å²) in [6, 6.07) is 6.17. The van der Waals surface area contributed by atoms with Crippen LogP contribution in [-0.2, 0) is 4.84 Å². The Bertz CT molecular complexity index is 1030. The van der Waals surface area contributed by atoms with E-state index in [2.05, 4.69) is 10.3 Å². The van der Waals surface area contributed by atoms with Gasteiger partial charge in [-0.3, -0.25) is 9.24 Å². The van der Waals surface area contributed by atoms with Gasteiger partial charge >= 0.3 is 6.09 Å². The number of fused-ring (bicyclic) bond motifs is 1. The van der Waals surface area contributed by atoms with E-state index in [1.54, 1.807) is 12.1 Å². The van der Waals surface area contributed by atoms with Gasteiger partial charge in [-0.15, -0.1) is 0 Å². The summed E-state index contributed by atoms with van der Waals surface area (Å²) in [6.45, 7) is -0.879. The van der Waals surface area contributed by atoms with E-state index in [0.717, 1.165) is 0 Å². The first-order valence-corrected chi connectivity index (χ1v) is 9.60. The summed E-state index contributed by atoms with van der Waals surface area (Å²) in [5.74, 6) is -0.422. The van der Waals surface area contributed by atoms with Crippen LogP contribution in [0.4, 0.5) is 20.7 Å². The van der Waals surface area contributed by atoms with Crippen LogP contribution in [0.2, 0.25) is 5.02 Å². The molecule has 3 aromatic rings. The monoisotopic (exact) mass is 536 g/mol.